The lowest BCUT2D eigenvalue weighted by atomic mass is 9.86. The van der Waals surface area contributed by atoms with Gasteiger partial charge in [0.2, 0.25) is 12.2 Å². The van der Waals surface area contributed by atoms with E-state index in [1.807, 2.05) is 17.5 Å². The van der Waals surface area contributed by atoms with Crippen LogP contribution in [-0.2, 0) is 16.8 Å². The van der Waals surface area contributed by atoms with E-state index in [0.29, 0.717) is 5.13 Å². The molecule has 0 radical (unpaired) electrons. The van der Waals surface area contributed by atoms with Crippen molar-refractivity contribution in [1.29, 1.82) is 0 Å². The SMILES string of the molecule is CC(C)(C)c1ccc(-c2csc(NC(=O)Cn3cnc([N+](=O)[O-])n3)n2)cc1. The fourth-order valence-corrected chi connectivity index (χ4v) is 3.09. The van der Waals surface area contributed by atoms with E-state index in [-0.39, 0.29) is 12.0 Å². The predicted molar refractivity (Wildman–Crippen MR) is 102 cm³/mol. The highest BCUT2D eigenvalue weighted by Gasteiger charge is 2.17. The maximum atomic E-state index is 12.1. The number of amides is 1. The van der Waals surface area contributed by atoms with Crippen LogP contribution in [0.2, 0.25) is 0 Å². The van der Waals surface area contributed by atoms with Crippen molar-refractivity contribution >= 4 is 28.3 Å². The van der Waals surface area contributed by atoms with E-state index in [4.69, 9.17) is 0 Å². The molecule has 2 aromatic heterocycles. The van der Waals surface area contributed by atoms with Gasteiger partial charge < -0.3 is 15.4 Å². The molecule has 1 aromatic carbocycles. The molecule has 0 aliphatic heterocycles. The molecule has 1 amide bonds. The first-order valence-electron chi connectivity index (χ1n) is 8.12. The molecule has 1 N–H and O–H groups in total. The highest BCUT2D eigenvalue weighted by molar-refractivity contribution is 7.14. The van der Waals surface area contributed by atoms with E-state index < -0.39 is 16.8 Å². The number of carbonyl (C=O) groups excluding carboxylic acids is 1. The van der Waals surface area contributed by atoms with E-state index in [1.54, 1.807) is 0 Å². The Bertz CT molecular complexity index is 971. The van der Waals surface area contributed by atoms with Crippen LogP contribution in [0.15, 0.2) is 36.0 Å². The van der Waals surface area contributed by atoms with Gasteiger partial charge in [-0.2, -0.15) is 4.68 Å². The van der Waals surface area contributed by atoms with Crippen molar-refractivity contribution in [3.05, 3.63) is 51.7 Å². The van der Waals surface area contributed by atoms with Crippen LogP contribution in [0.25, 0.3) is 11.3 Å². The number of nitrogens with one attached hydrogen (secondary N) is 1. The summed E-state index contributed by atoms with van der Waals surface area (Å²) in [5.74, 6) is -0.934. The van der Waals surface area contributed by atoms with Gasteiger partial charge in [-0.25, -0.2) is 4.98 Å². The molecular formula is C17H18N6O3S. The molecule has 10 heteroatoms. The molecule has 0 fully saturated rings. The van der Waals surface area contributed by atoms with Gasteiger partial charge in [-0.15, -0.1) is 11.3 Å². The minimum atomic E-state index is -0.716. The summed E-state index contributed by atoms with van der Waals surface area (Å²) in [5.41, 5.74) is 3.05. The summed E-state index contributed by atoms with van der Waals surface area (Å²) in [7, 11) is 0. The molecule has 0 unspecified atom stereocenters. The van der Waals surface area contributed by atoms with Gasteiger partial charge >= 0.3 is 5.95 Å². The number of hydrogen-bond donors (Lipinski definition) is 1. The van der Waals surface area contributed by atoms with Crippen molar-refractivity contribution in [1.82, 2.24) is 19.7 Å². The van der Waals surface area contributed by atoms with E-state index >= 15 is 0 Å². The molecule has 0 saturated carbocycles. The molecule has 2 heterocycles. The van der Waals surface area contributed by atoms with Crippen molar-refractivity contribution in [2.45, 2.75) is 32.7 Å². The Hall–Kier alpha value is -3.14. The molecule has 140 valence electrons. The maximum Gasteiger partial charge on any atom is 0.490 e. The maximum absolute atomic E-state index is 12.1. The molecule has 0 aliphatic rings. The number of nitrogens with zero attached hydrogens (tertiary/aromatic N) is 5. The summed E-state index contributed by atoms with van der Waals surface area (Å²) in [6.45, 7) is 6.28. The van der Waals surface area contributed by atoms with Crippen LogP contribution in [0.1, 0.15) is 26.3 Å². The summed E-state index contributed by atoms with van der Waals surface area (Å²) >= 11 is 1.31. The fourth-order valence-electron chi connectivity index (χ4n) is 2.36. The average Bonchev–Trinajstić information content (AvgIpc) is 3.24. The van der Waals surface area contributed by atoms with Crippen LogP contribution in [0.5, 0.6) is 0 Å². The number of nitro groups is 1. The van der Waals surface area contributed by atoms with Gasteiger partial charge in [0.25, 0.3) is 0 Å². The zero-order chi connectivity index (χ0) is 19.6. The Morgan fingerprint density at radius 1 is 1.30 bits per heavy atom. The lowest BCUT2D eigenvalue weighted by molar-refractivity contribution is -0.394. The number of thiazole rings is 1. The van der Waals surface area contributed by atoms with Gasteiger partial charge in [-0.3, -0.25) is 4.79 Å². The average molecular weight is 386 g/mol. The molecule has 0 aliphatic carbocycles. The molecule has 0 spiro atoms. The predicted octanol–water partition coefficient (Wildman–Crippen LogP) is 3.25. The van der Waals surface area contributed by atoms with Gasteiger partial charge in [-0.05, 0) is 15.9 Å². The first-order valence-corrected chi connectivity index (χ1v) is 9.00. The Morgan fingerprint density at radius 2 is 2.00 bits per heavy atom. The minimum Gasteiger partial charge on any atom is -0.390 e. The van der Waals surface area contributed by atoms with Gasteiger partial charge in [0.05, 0.1) is 5.69 Å². The third-order valence-electron chi connectivity index (χ3n) is 3.79. The van der Waals surface area contributed by atoms with Crippen LogP contribution >= 0.6 is 11.3 Å². The largest absolute Gasteiger partial charge is 0.490 e. The number of carbonyl (C=O) groups is 1. The number of benzene rings is 1. The van der Waals surface area contributed by atoms with Crippen LogP contribution in [-0.4, -0.2) is 30.6 Å². The van der Waals surface area contributed by atoms with Gasteiger partial charge in [0, 0.05) is 16.0 Å². The van der Waals surface area contributed by atoms with Crippen LogP contribution in [0.3, 0.4) is 0 Å². The summed E-state index contributed by atoms with van der Waals surface area (Å²) in [6.07, 6.45) is 1.14. The third kappa shape index (κ3) is 4.53. The van der Waals surface area contributed by atoms with Gasteiger partial charge in [-0.1, -0.05) is 50.0 Å². The van der Waals surface area contributed by atoms with E-state index in [9.17, 15) is 14.9 Å². The first kappa shape index (κ1) is 18.6. The molecule has 27 heavy (non-hydrogen) atoms. The number of hydrogen-bond acceptors (Lipinski definition) is 7. The van der Waals surface area contributed by atoms with Gasteiger partial charge in [0.1, 0.15) is 6.54 Å². The Labute approximate surface area is 159 Å². The molecular weight excluding hydrogens is 368 g/mol. The summed E-state index contributed by atoms with van der Waals surface area (Å²) < 4.78 is 1.10. The normalized spacial score (nSPS) is 11.4. The number of aromatic nitrogens is 4. The summed E-state index contributed by atoms with van der Waals surface area (Å²) in [4.78, 5) is 29.8. The lowest BCUT2D eigenvalue weighted by Crippen LogP contribution is -2.19. The minimum absolute atomic E-state index is 0.0795. The fraction of sp³-hybridized carbons (Fsp3) is 0.294. The quantitative estimate of drug-likeness (QED) is 0.531. The summed E-state index contributed by atoms with van der Waals surface area (Å²) in [6, 6.07) is 8.17. The smallest absolute Gasteiger partial charge is 0.390 e. The molecule has 3 rings (SSSR count). The molecule has 3 aromatic rings. The van der Waals surface area contributed by atoms with Crippen molar-refractivity contribution in [2.75, 3.05) is 5.32 Å². The van der Waals surface area contributed by atoms with Crippen molar-refractivity contribution in [3.63, 3.8) is 0 Å². The topological polar surface area (TPSA) is 116 Å². The number of anilines is 1. The van der Waals surface area contributed by atoms with Crippen LogP contribution < -0.4 is 5.32 Å². The second-order valence-corrected chi connectivity index (χ2v) is 7.77. The van der Waals surface area contributed by atoms with Crippen molar-refractivity contribution in [2.24, 2.45) is 0 Å². The van der Waals surface area contributed by atoms with Crippen LogP contribution in [0.4, 0.5) is 11.1 Å². The van der Waals surface area contributed by atoms with Gasteiger partial charge in [0.15, 0.2) is 5.13 Å². The number of rotatable bonds is 5. The highest BCUT2D eigenvalue weighted by atomic mass is 32.1. The Kier molecular flexibility index (Phi) is 5.00. The zero-order valence-corrected chi connectivity index (χ0v) is 15.9. The lowest BCUT2D eigenvalue weighted by Gasteiger charge is -2.18. The molecule has 9 nitrogen and oxygen atoms in total. The van der Waals surface area contributed by atoms with Crippen molar-refractivity contribution < 1.29 is 9.72 Å². The van der Waals surface area contributed by atoms with E-state index in [2.05, 4.69) is 53.3 Å². The highest BCUT2D eigenvalue weighted by Crippen LogP contribution is 2.28. The summed E-state index contributed by atoms with van der Waals surface area (Å²) in [5, 5.41) is 19.1. The first-order chi connectivity index (χ1) is 12.7. The van der Waals surface area contributed by atoms with Crippen LogP contribution in [0, 0.1) is 10.1 Å². The monoisotopic (exact) mass is 386 g/mol. The van der Waals surface area contributed by atoms with Crippen molar-refractivity contribution in [3.8, 4) is 11.3 Å². The Morgan fingerprint density at radius 3 is 2.59 bits per heavy atom. The third-order valence-corrected chi connectivity index (χ3v) is 4.55. The molecule has 0 atom stereocenters. The molecule has 0 saturated heterocycles. The second-order valence-electron chi connectivity index (χ2n) is 6.91. The second kappa shape index (κ2) is 7.23. The van der Waals surface area contributed by atoms with E-state index in [0.717, 1.165) is 22.3 Å². The van der Waals surface area contributed by atoms with E-state index in [1.165, 1.54) is 16.9 Å². The zero-order valence-electron chi connectivity index (χ0n) is 15.0. The molecule has 0 bridgehead atoms. The Balaban J connectivity index is 1.65. The standard InChI is InChI=1S/C17H18N6O3S/c1-17(2,3)12-6-4-11(5-7-12)13-9-27-16(19-13)20-14(24)8-22-10-18-15(21-22)23(25)26/h4-7,9-10H,8H2,1-3H3,(H,19,20,24).